The first kappa shape index (κ1) is 14.6. The molecular formula is C17H20N8. The van der Waals surface area contributed by atoms with Crippen molar-refractivity contribution < 1.29 is 0 Å². The molecule has 0 aromatic carbocycles. The molecule has 1 aliphatic carbocycles. The van der Waals surface area contributed by atoms with Gasteiger partial charge < -0.3 is 9.80 Å². The van der Waals surface area contributed by atoms with Crippen LogP contribution in [0, 0.1) is 0 Å². The Kier molecular flexibility index (Phi) is 3.46. The highest BCUT2D eigenvalue weighted by atomic mass is 15.3. The van der Waals surface area contributed by atoms with Crippen LogP contribution in [0.3, 0.4) is 0 Å². The summed E-state index contributed by atoms with van der Waals surface area (Å²) in [4.78, 5) is 18.1. The fourth-order valence-corrected chi connectivity index (χ4v) is 3.58. The average molecular weight is 336 g/mol. The van der Waals surface area contributed by atoms with Crippen LogP contribution in [0.2, 0.25) is 0 Å². The Bertz CT molecular complexity index is 879. The number of hydrogen-bond donors (Lipinski definition) is 0. The summed E-state index contributed by atoms with van der Waals surface area (Å²) in [6.45, 7) is 3.61. The summed E-state index contributed by atoms with van der Waals surface area (Å²) in [5.74, 6) is 2.58. The quantitative estimate of drug-likeness (QED) is 0.717. The highest BCUT2D eigenvalue weighted by molar-refractivity contribution is 5.64. The van der Waals surface area contributed by atoms with E-state index in [-0.39, 0.29) is 0 Å². The summed E-state index contributed by atoms with van der Waals surface area (Å²) in [6, 6.07) is 2.18. The van der Waals surface area contributed by atoms with Crippen LogP contribution >= 0.6 is 0 Å². The van der Waals surface area contributed by atoms with E-state index in [1.807, 2.05) is 10.6 Å². The first-order valence-corrected chi connectivity index (χ1v) is 8.85. The Labute approximate surface area is 145 Å². The number of fused-ring (bicyclic) bond motifs is 1. The molecule has 128 valence electrons. The Morgan fingerprint density at radius 2 is 1.80 bits per heavy atom. The van der Waals surface area contributed by atoms with Crippen molar-refractivity contribution in [2.24, 2.45) is 0 Å². The first-order valence-electron chi connectivity index (χ1n) is 8.85. The van der Waals surface area contributed by atoms with E-state index in [4.69, 9.17) is 0 Å². The molecule has 2 fully saturated rings. The fraction of sp³-hybridized carbons (Fsp3) is 0.471. The summed E-state index contributed by atoms with van der Waals surface area (Å²) >= 11 is 0. The number of aromatic nitrogens is 6. The molecule has 4 heterocycles. The molecule has 25 heavy (non-hydrogen) atoms. The van der Waals surface area contributed by atoms with Crippen LogP contribution in [-0.2, 0) is 0 Å². The van der Waals surface area contributed by atoms with Gasteiger partial charge in [0.15, 0.2) is 5.82 Å². The van der Waals surface area contributed by atoms with E-state index >= 15 is 0 Å². The molecular weight excluding hydrogens is 316 g/mol. The largest absolute Gasteiger partial charge is 0.353 e. The first-order chi connectivity index (χ1) is 12.4. The normalized spacial score (nSPS) is 18.6. The molecule has 3 aromatic heterocycles. The summed E-state index contributed by atoms with van der Waals surface area (Å²) in [5, 5.41) is 8.17. The molecule has 8 nitrogen and oxygen atoms in total. The lowest BCUT2D eigenvalue weighted by Crippen LogP contribution is -2.47. The molecule has 1 saturated heterocycles. The minimum atomic E-state index is 0.637. The minimum absolute atomic E-state index is 0.637. The van der Waals surface area contributed by atoms with Crippen molar-refractivity contribution in [1.29, 1.82) is 0 Å². The maximum absolute atomic E-state index is 4.52. The molecule has 1 saturated carbocycles. The van der Waals surface area contributed by atoms with Gasteiger partial charge in [-0.2, -0.15) is 0 Å². The van der Waals surface area contributed by atoms with Gasteiger partial charge in [-0.1, -0.05) is 6.42 Å². The van der Waals surface area contributed by atoms with Gasteiger partial charge in [0.25, 0.3) is 0 Å². The molecule has 0 unspecified atom stereocenters. The molecule has 0 bridgehead atoms. The lowest BCUT2D eigenvalue weighted by atomic mass is 9.83. The molecule has 5 rings (SSSR count). The van der Waals surface area contributed by atoms with Gasteiger partial charge >= 0.3 is 0 Å². The summed E-state index contributed by atoms with van der Waals surface area (Å²) in [7, 11) is 0. The van der Waals surface area contributed by atoms with Gasteiger partial charge in [0.2, 0.25) is 5.65 Å². The van der Waals surface area contributed by atoms with Gasteiger partial charge in [-0.05, 0) is 12.8 Å². The van der Waals surface area contributed by atoms with Gasteiger partial charge in [0.1, 0.15) is 18.5 Å². The van der Waals surface area contributed by atoms with Gasteiger partial charge in [0.05, 0.1) is 0 Å². The van der Waals surface area contributed by atoms with Crippen molar-refractivity contribution in [3.63, 3.8) is 0 Å². The predicted molar refractivity (Wildman–Crippen MR) is 93.8 cm³/mol. The SMILES string of the molecule is c1nc(C2CCC2)cc(N2CCN(c3nccn4cnnc34)CC2)n1. The van der Waals surface area contributed by atoms with Crippen molar-refractivity contribution in [2.75, 3.05) is 36.0 Å². The van der Waals surface area contributed by atoms with Crippen LogP contribution in [0.4, 0.5) is 11.6 Å². The number of rotatable bonds is 3. The van der Waals surface area contributed by atoms with E-state index in [1.165, 1.54) is 25.0 Å². The lowest BCUT2D eigenvalue weighted by Gasteiger charge is -2.36. The fourth-order valence-electron chi connectivity index (χ4n) is 3.58. The zero-order valence-electron chi connectivity index (χ0n) is 14.0. The van der Waals surface area contributed by atoms with E-state index in [1.54, 1.807) is 18.9 Å². The van der Waals surface area contributed by atoms with E-state index in [9.17, 15) is 0 Å². The van der Waals surface area contributed by atoms with Crippen molar-refractivity contribution in [2.45, 2.75) is 25.2 Å². The smallest absolute Gasteiger partial charge is 0.203 e. The number of hydrogen-bond acceptors (Lipinski definition) is 7. The summed E-state index contributed by atoms with van der Waals surface area (Å²) in [5.41, 5.74) is 2.01. The molecule has 1 aliphatic heterocycles. The van der Waals surface area contributed by atoms with Crippen molar-refractivity contribution in [3.8, 4) is 0 Å². The van der Waals surface area contributed by atoms with Crippen LogP contribution in [0.5, 0.6) is 0 Å². The zero-order chi connectivity index (χ0) is 16.6. The van der Waals surface area contributed by atoms with Crippen LogP contribution in [0.1, 0.15) is 30.9 Å². The lowest BCUT2D eigenvalue weighted by molar-refractivity contribution is 0.410. The maximum atomic E-state index is 4.52. The highest BCUT2D eigenvalue weighted by Crippen LogP contribution is 2.36. The molecule has 0 radical (unpaired) electrons. The predicted octanol–water partition coefficient (Wildman–Crippen LogP) is 1.51. The molecule has 8 heteroatoms. The molecule has 0 atom stereocenters. The van der Waals surface area contributed by atoms with Gasteiger partial charge in [-0.25, -0.2) is 15.0 Å². The van der Waals surface area contributed by atoms with Crippen LogP contribution < -0.4 is 9.80 Å². The van der Waals surface area contributed by atoms with Crippen molar-refractivity contribution in [1.82, 2.24) is 29.5 Å². The summed E-state index contributed by atoms with van der Waals surface area (Å²) in [6.07, 6.45) is 10.9. The van der Waals surface area contributed by atoms with E-state index in [0.29, 0.717) is 5.92 Å². The summed E-state index contributed by atoms with van der Waals surface area (Å²) < 4.78 is 1.91. The van der Waals surface area contributed by atoms with E-state index in [2.05, 4.69) is 41.0 Å². The average Bonchev–Trinajstić information content (AvgIpc) is 3.09. The van der Waals surface area contributed by atoms with E-state index < -0.39 is 0 Å². The van der Waals surface area contributed by atoms with Crippen molar-refractivity contribution >= 4 is 17.3 Å². The number of nitrogens with zero attached hydrogens (tertiary/aromatic N) is 8. The van der Waals surface area contributed by atoms with E-state index in [0.717, 1.165) is 43.5 Å². The van der Waals surface area contributed by atoms with Gasteiger partial charge in [-0.3, -0.25) is 4.40 Å². The Balaban J connectivity index is 1.32. The highest BCUT2D eigenvalue weighted by Gasteiger charge is 2.24. The Morgan fingerprint density at radius 3 is 2.60 bits per heavy atom. The van der Waals surface area contributed by atoms with Gasteiger partial charge in [0, 0.05) is 56.3 Å². The molecule has 3 aromatic rings. The van der Waals surface area contributed by atoms with Gasteiger partial charge in [-0.15, -0.1) is 10.2 Å². The number of piperazine rings is 1. The molecule has 0 N–H and O–H groups in total. The third-order valence-electron chi connectivity index (χ3n) is 5.30. The van der Waals surface area contributed by atoms with Crippen LogP contribution in [0.15, 0.2) is 31.1 Å². The Hall–Kier alpha value is -2.77. The van der Waals surface area contributed by atoms with Crippen LogP contribution in [-0.4, -0.2) is 55.7 Å². The Morgan fingerprint density at radius 1 is 0.960 bits per heavy atom. The zero-order valence-corrected chi connectivity index (χ0v) is 14.0. The monoisotopic (exact) mass is 336 g/mol. The third kappa shape index (κ3) is 2.57. The second-order valence-electron chi connectivity index (χ2n) is 6.72. The second-order valence-corrected chi connectivity index (χ2v) is 6.72. The molecule has 2 aliphatic rings. The number of anilines is 2. The minimum Gasteiger partial charge on any atom is -0.353 e. The van der Waals surface area contributed by atoms with Crippen LogP contribution in [0.25, 0.3) is 5.65 Å². The molecule has 0 amide bonds. The second kappa shape index (κ2) is 5.94. The molecule has 0 spiro atoms. The maximum Gasteiger partial charge on any atom is 0.203 e. The third-order valence-corrected chi connectivity index (χ3v) is 5.30. The standard InChI is InChI=1S/C17H20N8/c1-2-13(3-1)14-10-15(20-11-19-14)23-6-8-24(9-7-23)16-17-22-21-12-25(17)5-4-18-16/h4-5,10-13H,1-3,6-9H2. The van der Waals surface area contributed by atoms with Crippen molar-refractivity contribution in [3.05, 3.63) is 36.8 Å². The topological polar surface area (TPSA) is 75.3 Å².